The molecule has 1 heterocycles. The zero-order valence-corrected chi connectivity index (χ0v) is 12.5. The number of hydrogen-bond acceptors (Lipinski definition) is 3. The van der Waals surface area contributed by atoms with Crippen molar-refractivity contribution in [1.29, 1.82) is 0 Å². The minimum absolute atomic E-state index is 0.0379. The van der Waals surface area contributed by atoms with E-state index in [9.17, 15) is 9.90 Å². The van der Waals surface area contributed by atoms with Gasteiger partial charge in [-0.1, -0.05) is 36.4 Å². The van der Waals surface area contributed by atoms with Gasteiger partial charge in [-0.15, -0.1) is 0 Å². The zero-order chi connectivity index (χ0) is 15.5. The largest absolute Gasteiger partial charge is 0.497 e. The van der Waals surface area contributed by atoms with Crippen molar-refractivity contribution in [2.45, 2.75) is 19.0 Å². The predicted octanol–water partition coefficient (Wildman–Crippen LogP) is 2.88. The van der Waals surface area contributed by atoms with Gasteiger partial charge in [-0.05, 0) is 35.2 Å². The first-order chi connectivity index (χ1) is 10.7. The lowest BCUT2D eigenvalue weighted by molar-refractivity contribution is -0.139. The molecule has 1 unspecified atom stereocenters. The van der Waals surface area contributed by atoms with Crippen LogP contribution in [0.25, 0.3) is 0 Å². The number of hydrogen-bond donors (Lipinski definition) is 1. The third-order valence-electron chi connectivity index (χ3n) is 4.16. The molecule has 0 amide bonds. The molecular weight excluding hydrogens is 278 g/mol. The van der Waals surface area contributed by atoms with Crippen LogP contribution in [0.4, 0.5) is 0 Å². The maximum Gasteiger partial charge on any atom is 0.317 e. The fraction of sp³-hybridized carbons (Fsp3) is 0.278. The van der Waals surface area contributed by atoms with Crippen LogP contribution < -0.4 is 4.74 Å². The summed E-state index contributed by atoms with van der Waals surface area (Å²) >= 11 is 0. The molecule has 0 spiro atoms. The topological polar surface area (TPSA) is 49.8 Å². The highest BCUT2D eigenvalue weighted by Gasteiger charge is 2.28. The van der Waals surface area contributed by atoms with Crippen molar-refractivity contribution in [3.05, 3.63) is 65.2 Å². The first kappa shape index (κ1) is 14.6. The zero-order valence-electron chi connectivity index (χ0n) is 12.5. The second-order valence-corrected chi connectivity index (χ2v) is 5.56. The van der Waals surface area contributed by atoms with Crippen LogP contribution in [0.5, 0.6) is 5.75 Å². The first-order valence-corrected chi connectivity index (χ1v) is 7.34. The summed E-state index contributed by atoms with van der Waals surface area (Å²) in [5, 5.41) is 9.21. The number of carbonyl (C=O) groups is 1. The van der Waals surface area contributed by atoms with Crippen LogP contribution in [0.15, 0.2) is 48.5 Å². The molecule has 1 aliphatic heterocycles. The first-order valence-electron chi connectivity index (χ1n) is 7.34. The van der Waals surface area contributed by atoms with Crippen molar-refractivity contribution in [2.75, 3.05) is 13.7 Å². The van der Waals surface area contributed by atoms with Gasteiger partial charge >= 0.3 is 5.97 Å². The fourth-order valence-electron chi connectivity index (χ4n) is 3.09. The molecule has 2 aromatic carbocycles. The molecule has 0 aliphatic carbocycles. The van der Waals surface area contributed by atoms with E-state index < -0.39 is 5.97 Å². The minimum Gasteiger partial charge on any atom is -0.497 e. The number of carboxylic acids is 1. The molecule has 1 aliphatic rings. The lowest BCUT2D eigenvalue weighted by Crippen LogP contribution is -2.37. The van der Waals surface area contributed by atoms with Gasteiger partial charge in [-0.2, -0.15) is 0 Å². The summed E-state index contributed by atoms with van der Waals surface area (Å²) in [5.74, 6) is 0.0134. The van der Waals surface area contributed by atoms with Crippen molar-refractivity contribution in [3.8, 4) is 5.75 Å². The van der Waals surface area contributed by atoms with Gasteiger partial charge in [0.1, 0.15) is 5.75 Å². The summed E-state index contributed by atoms with van der Waals surface area (Å²) in [6, 6.07) is 16.3. The fourth-order valence-corrected chi connectivity index (χ4v) is 3.09. The van der Waals surface area contributed by atoms with E-state index in [1.807, 2.05) is 35.2 Å². The summed E-state index contributed by atoms with van der Waals surface area (Å²) in [5.41, 5.74) is 3.56. The van der Waals surface area contributed by atoms with Crippen LogP contribution >= 0.6 is 0 Å². The number of ether oxygens (including phenoxy) is 1. The number of carboxylic acid groups (broad SMARTS) is 1. The Hall–Kier alpha value is -2.33. The Bertz CT molecular complexity index is 669. The van der Waals surface area contributed by atoms with Crippen molar-refractivity contribution < 1.29 is 14.6 Å². The second-order valence-electron chi connectivity index (χ2n) is 5.56. The van der Waals surface area contributed by atoms with Crippen LogP contribution in [-0.2, 0) is 17.8 Å². The van der Waals surface area contributed by atoms with Crippen molar-refractivity contribution in [3.63, 3.8) is 0 Å². The second kappa shape index (κ2) is 6.20. The molecule has 0 aromatic heterocycles. The van der Waals surface area contributed by atoms with Crippen LogP contribution in [0, 0.1) is 0 Å². The molecule has 0 bridgehead atoms. The summed E-state index contributed by atoms with van der Waals surface area (Å²) in [7, 11) is 1.65. The summed E-state index contributed by atoms with van der Waals surface area (Å²) < 4.78 is 5.27. The molecule has 0 fully saturated rings. The molecular formula is C18H19NO3. The number of rotatable bonds is 4. The highest BCUT2D eigenvalue weighted by atomic mass is 16.5. The van der Waals surface area contributed by atoms with E-state index in [-0.39, 0.29) is 12.6 Å². The Morgan fingerprint density at radius 3 is 2.68 bits per heavy atom. The molecule has 3 rings (SSSR count). The molecule has 4 nitrogen and oxygen atoms in total. The standard InChI is InChI=1S/C18H19NO3/c1-22-16-8-7-14-10-17(13-5-3-2-4-6-13)19(12-18(20)21)11-15(14)9-16/h2-9,17H,10-12H2,1H3,(H,20,21). The molecule has 0 saturated heterocycles. The third kappa shape index (κ3) is 2.97. The SMILES string of the molecule is COc1ccc2c(c1)CN(CC(=O)O)C(c1ccccc1)C2. The van der Waals surface area contributed by atoms with Crippen molar-refractivity contribution in [2.24, 2.45) is 0 Å². The lowest BCUT2D eigenvalue weighted by Gasteiger charge is -2.36. The van der Waals surface area contributed by atoms with E-state index in [1.165, 1.54) is 5.56 Å². The van der Waals surface area contributed by atoms with Gasteiger partial charge in [0.05, 0.1) is 13.7 Å². The van der Waals surface area contributed by atoms with Gasteiger partial charge in [-0.25, -0.2) is 0 Å². The van der Waals surface area contributed by atoms with E-state index in [0.29, 0.717) is 6.54 Å². The maximum atomic E-state index is 11.2. The minimum atomic E-state index is -0.799. The Balaban J connectivity index is 1.96. The number of nitrogens with zero attached hydrogens (tertiary/aromatic N) is 1. The monoisotopic (exact) mass is 297 g/mol. The maximum absolute atomic E-state index is 11.2. The molecule has 1 N–H and O–H groups in total. The Labute approximate surface area is 130 Å². The molecule has 114 valence electrons. The molecule has 22 heavy (non-hydrogen) atoms. The van der Waals surface area contributed by atoms with E-state index in [2.05, 4.69) is 18.2 Å². The molecule has 1 atom stereocenters. The van der Waals surface area contributed by atoms with E-state index in [0.717, 1.165) is 23.3 Å². The summed E-state index contributed by atoms with van der Waals surface area (Å²) in [6.45, 7) is 0.661. The van der Waals surface area contributed by atoms with Crippen LogP contribution in [0.1, 0.15) is 22.7 Å². The highest BCUT2D eigenvalue weighted by Crippen LogP contribution is 2.34. The van der Waals surface area contributed by atoms with E-state index in [4.69, 9.17) is 4.74 Å². The number of aliphatic carboxylic acids is 1. The highest BCUT2D eigenvalue weighted by molar-refractivity contribution is 5.69. The van der Waals surface area contributed by atoms with Crippen LogP contribution in [0.2, 0.25) is 0 Å². The Kier molecular flexibility index (Phi) is 4.11. The summed E-state index contributed by atoms with van der Waals surface area (Å²) in [4.78, 5) is 13.2. The Morgan fingerprint density at radius 2 is 2.00 bits per heavy atom. The van der Waals surface area contributed by atoms with Gasteiger partial charge in [0.15, 0.2) is 0 Å². The van der Waals surface area contributed by atoms with Crippen LogP contribution in [-0.4, -0.2) is 29.6 Å². The Morgan fingerprint density at radius 1 is 1.23 bits per heavy atom. The number of benzene rings is 2. The average Bonchev–Trinajstić information content (AvgIpc) is 2.54. The summed E-state index contributed by atoms with van der Waals surface area (Å²) in [6.07, 6.45) is 0.816. The van der Waals surface area contributed by atoms with Gasteiger partial charge in [-0.3, -0.25) is 9.69 Å². The predicted molar refractivity (Wildman–Crippen MR) is 83.9 cm³/mol. The van der Waals surface area contributed by atoms with E-state index in [1.54, 1.807) is 7.11 Å². The molecule has 2 aromatic rings. The van der Waals surface area contributed by atoms with Crippen molar-refractivity contribution in [1.82, 2.24) is 4.90 Å². The number of fused-ring (bicyclic) bond motifs is 1. The van der Waals surface area contributed by atoms with E-state index >= 15 is 0 Å². The quantitative estimate of drug-likeness (QED) is 0.942. The molecule has 0 saturated carbocycles. The average molecular weight is 297 g/mol. The smallest absolute Gasteiger partial charge is 0.317 e. The number of methoxy groups -OCH3 is 1. The van der Waals surface area contributed by atoms with Gasteiger partial charge in [0.25, 0.3) is 0 Å². The normalized spacial score (nSPS) is 17.8. The van der Waals surface area contributed by atoms with Crippen molar-refractivity contribution >= 4 is 5.97 Å². The lowest BCUT2D eigenvalue weighted by atomic mass is 9.89. The van der Waals surface area contributed by atoms with Crippen LogP contribution in [0.3, 0.4) is 0 Å². The molecule has 0 radical (unpaired) electrons. The van der Waals surface area contributed by atoms with Gasteiger partial charge in [0.2, 0.25) is 0 Å². The van der Waals surface area contributed by atoms with Gasteiger partial charge in [0, 0.05) is 12.6 Å². The van der Waals surface area contributed by atoms with Gasteiger partial charge < -0.3 is 9.84 Å². The molecule has 4 heteroatoms. The third-order valence-corrected chi connectivity index (χ3v) is 4.16.